The second-order valence-electron chi connectivity index (χ2n) is 6.43. The van der Waals surface area contributed by atoms with Gasteiger partial charge in [0, 0.05) is 35.5 Å². The first-order valence-electron chi connectivity index (χ1n) is 8.71. The highest BCUT2D eigenvalue weighted by Gasteiger charge is 2.28. The Bertz CT molecular complexity index is 923. The number of aryl methyl sites for hydroxylation is 1. The molecule has 1 aliphatic heterocycles. The highest BCUT2D eigenvalue weighted by Crippen LogP contribution is 2.19. The molecule has 3 heterocycles. The molecule has 134 valence electrons. The van der Waals surface area contributed by atoms with E-state index in [1.54, 1.807) is 6.20 Å². The van der Waals surface area contributed by atoms with Gasteiger partial charge in [-0.3, -0.25) is 4.79 Å². The number of aromatic nitrogens is 3. The van der Waals surface area contributed by atoms with Gasteiger partial charge in [0.15, 0.2) is 0 Å². The summed E-state index contributed by atoms with van der Waals surface area (Å²) in [5.74, 6) is 1.36. The van der Waals surface area contributed by atoms with E-state index in [-0.39, 0.29) is 18.0 Å². The fraction of sp³-hybridized carbons (Fsp3) is 0.316. The van der Waals surface area contributed by atoms with Crippen molar-refractivity contribution in [1.82, 2.24) is 20.3 Å². The lowest BCUT2D eigenvalue weighted by Crippen LogP contribution is -2.52. The van der Waals surface area contributed by atoms with Crippen molar-refractivity contribution in [3.63, 3.8) is 0 Å². The Hall–Kier alpha value is -2.93. The largest absolute Gasteiger partial charge is 0.379 e. The predicted octanol–water partition coefficient (Wildman–Crippen LogP) is 2.27. The summed E-state index contributed by atoms with van der Waals surface area (Å²) < 4.78 is 5.60. The first-order valence-corrected chi connectivity index (χ1v) is 8.71. The van der Waals surface area contributed by atoms with E-state index in [2.05, 4.69) is 25.6 Å². The number of carbonyl (C=O) groups is 1. The molecular weight excluding hydrogens is 330 g/mol. The Kier molecular flexibility index (Phi) is 4.53. The van der Waals surface area contributed by atoms with Gasteiger partial charge in [-0.2, -0.15) is 0 Å². The monoisotopic (exact) mass is 351 g/mol. The maximum Gasteiger partial charge on any atom is 0.252 e. The Balaban J connectivity index is 1.51. The molecule has 7 heteroatoms. The summed E-state index contributed by atoms with van der Waals surface area (Å²) >= 11 is 0. The highest BCUT2D eigenvalue weighted by atomic mass is 16.5. The van der Waals surface area contributed by atoms with E-state index in [0.717, 1.165) is 23.1 Å². The van der Waals surface area contributed by atoms with Crippen molar-refractivity contribution in [3.05, 3.63) is 54.1 Å². The van der Waals surface area contributed by atoms with Crippen LogP contribution in [0.4, 0.5) is 5.82 Å². The fourth-order valence-corrected chi connectivity index (χ4v) is 3.31. The molecule has 1 aromatic carbocycles. The van der Waals surface area contributed by atoms with Crippen molar-refractivity contribution in [1.29, 1.82) is 0 Å². The molecule has 4 rings (SSSR count). The van der Waals surface area contributed by atoms with Gasteiger partial charge in [0.1, 0.15) is 11.6 Å². The third-order valence-corrected chi connectivity index (χ3v) is 4.62. The zero-order valence-corrected chi connectivity index (χ0v) is 14.5. The predicted molar refractivity (Wildman–Crippen MR) is 99.2 cm³/mol. The summed E-state index contributed by atoms with van der Waals surface area (Å²) in [5.41, 5.74) is 1.63. The molecular formula is C19H21N5O2. The van der Waals surface area contributed by atoms with Crippen LogP contribution in [-0.4, -0.2) is 46.2 Å². The van der Waals surface area contributed by atoms with Gasteiger partial charge in [-0.25, -0.2) is 9.97 Å². The van der Waals surface area contributed by atoms with Gasteiger partial charge in [0.25, 0.3) is 5.91 Å². The van der Waals surface area contributed by atoms with E-state index in [4.69, 9.17) is 4.74 Å². The first kappa shape index (κ1) is 16.5. The van der Waals surface area contributed by atoms with Crippen LogP contribution in [-0.2, 0) is 4.74 Å². The van der Waals surface area contributed by atoms with Gasteiger partial charge in [0.05, 0.1) is 18.7 Å². The molecule has 1 saturated heterocycles. The summed E-state index contributed by atoms with van der Waals surface area (Å²) in [6.07, 6.45) is 4.31. The number of amides is 1. The second-order valence-corrected chi connectivity index (χ2v) is 6.43. The molecule has 1 aliphatic rings. The van der Waals surface area contributed by atoms with Crippen molar-refractivity contribution in [2.75, 3.05) is 18.5 Å². The van der Waals surface area contributed by atoms with Gasteiger partial charge >= 0.3 is 0 Å². The van der Waals surface area contributed by atoms with Crippen molar-refractivity contribution in [3.8, 4) is 0 Å². The van der Waals surface area contributed by atoms with Crippen LogP contribution < -0.4 is 10.6 Å². The number of ether oxygens (including phenoxy) is 1. The maximum atomic E-state index is 12.9. The van der Waals surface area contributed by atoms with Gasteiger partial charge in [-0.15, -0.1) is 0 Å². The van der Waals surface area contributed by atoms with Crippen LogP contribution in [0.1, 0.15) is 22.6 Å². The number of rotatable bonds is 4. The number of nitrogens with one attached hydrogen (secondary N) is 3. The Labute approximate surface area is 151 Å². The zero-order chi connectivity index (χ0) is 17.9. The van der Waals surface area contributed by atoms with Gasteiger partial charge in [0.2, 0.25) is 0 Å². The number of hydrogen-bond donors (Lipinski definition) is 3. The highest BCUT2D eigenvalue weighted by molar-refractivity contribution is 6.06. The Morgan fingerprint density at radius 3 is 3.08 bits per heavy atom. The van der Waals surface area contributed by atoms with E-state index in [1.165, 1.54) is 0 Å². The molecule has 0 saturated carbocycles. The first-order chi connectivity index (χ1) is 12.7. The number of aromatic amines is 1. The van der Waals surface area contributed by atoms with Crippen LogP contribution in [0.3, 0.4) is 0 Å². The molecule has 26 heavy (non-hydrogen) atoms. The fourth-order valence-electron chi connectivity index (χ4n) is 3.31. The van der Waals surface area contributed by atoms with E-state index < -0.39 is 0 Å². The Morgan fingerprint density at radius 2 is 2.19 bits per heavy atom. The molecule has 0 radical (unpaired) electrons. The summed E-state index contributed by atoms with van der Waals surface area (Å²) in [5, 5.41) is 7.45. The van der Waals surface area contributed by atoms with Gasteiger partial charge in [-0.1, -0.05) is 6.07 Å². The number of anilines is 1. The van der Waals surface area contributed by atoms with Crippen molar-refractivity contribution in [2.45, 2.75) is 25.4 Å². The Morgan fingerprint density at radius 1 is 1.27 bits per heavy atom. The number of fused-ring (bicyclic) bond motifs is 1. The molecule has 1 amide bonds. The maximum absolute atomic E-state index is 12.9. The molecule has 0 bridgehead atoms. The molecule has 2 aromatic heterocycles. The normalized spacial score (nSPS) is 20.0. The molecule has 7 nitrogen and oxygen atoms in total. The lowest BCUT2D eigenvalue weighted by molar-refractivity contribution is 0.0620. The third-order valence-electron chi connectivity index (χ3n) is 4.62. The van der Waals surface area contributed by atoms with Crippen molar-refractivity contribution in [2.24, 2.45) is 0 Å². The number of benzene rings is 1. The lowest BCUT2D eigenvalue weighted by atomic mass is 10.0. The van der Waals surface area contributed by atoms with Crippen LogP contribution in [0, 0.1) is 6.92 Å². The van der Waals surface area contributed by atoms with E-state index in [9.17, 15) is 4.79 Å². The molecule has 0 aliphatic carbocycles. The minimum absolute atomic E-state index is 0.0410. The zero-order valence-electron chi connectivity index (χ0n) is 14.5. The average molecular weight is 351 g/mol. The van der Waals surface area contributed by atoms with Crippen LogP contribution in [0.2, 0.25) is 0 Å². The summed E-state index contributed by atoms with van der Waals surface area (Å²) in [6, 6.07) is 9.35. The van der Waals surface area contributed by atoms with Crippen LogP contribution in [0.25, 0.3) is 10.9 Å². The van der Waals surface area contributed by atoms with E-state index in [0.29, 0.717) is 24.6 Å². The van der Waals surface area contributed by atoms with Crippen molar-refractivity contribution < 1.29 is 9.53 Å². The summed E-state index contributed by atoms with van der Waals surface area (Å²) in [6.45, 7) is 2.99. The van der Waals surface area contributed by atoms with E-state index in [1.807, 2.05) is 43.5 Å². The third kappa shape index (κ3) is 3.39. The molecule has 3 aromatic rings. The lowest BCUT2D eigenvalue weighted by Gasteiger charge is -2.33. The smallest absolute Gasteiger partial charge is 0.252 e. The second kappa shape index (κ2) is 7.13. The minimum Gasteiger partial charge on any atom is -0.379 e. The molecule has 0 unspecified atom stereocenters. The van der Waals surface area contributed by atoms with Crippen LogP contribution in [0.15, 0.2) is 42.7 Å². The van der Waals surface area contributed by atoms with E-state index >= 15 is 0 Å². The van der Waals surface area contributed by atoms with Gasteiger partial charge in [-0.05, 0) is 37.6 Å². The number of carbonyl (C=O) groups excluding carboxylic acids is 1. The summed E-state index contributed by atoms with van der Waals surface area (Å²) in [7, 11) is 0. The number of H-pyrrole nitrogens is 1. The van der Waals surface area contributed by atoms with Crippen LogP contribution >= 0.6 is 0 Å². The average Bonchev–Trinajstić information content (AvgIpc) is 3.12. The molecule has 0 spiro atoms. The molecule has 3 N–H and O–H groups in total. The van der Waals surface area contributed by atoms with Gasteiger partial charge < -0.3 is 20.4 Å². The standard InChI is InChI=1S/C19H21N5O2/c1-12-20-9-6-18(22-12)23-17-11-26-10-7-16(17)24-19(25)14-3-2-4-15-13(14)5-8-21-15/h2-6,8-9,16-17,21H,7,10-11H2,1H3,(H,24,25)(H,20,22,23)/t16-,17+/m0/s1. The molecule has 1 fully saturated rings. The van der Waals surface area contributed by atoms with Crippen LogP contribution in [0.5, 0.6) is 0 Å². The topological polar surface area (TPSA) is 91.9 Å². The SMILES string of the molecule is Cc1nccc(N[C@@H]2COCC[C@@H]2NC(=O)c2cccc3[nH]ccc23)n1. The number of hydrogen-bond acceptors (Lipinski definition) is 5. The summed E-state index contributed by atoms with van der Waals surface area (Å²) in [4.78, 5) is 24.5. The minimum atomic E-state index is -0.0761. The quantitative estimate of drug-likeness (QED) is 0.671. The molecule has 2 atom stereocenters. The van der Waals surface area contributed by atoms with Crippen molar-refractivity contribution >= 4 is 22.6 Å². The number of nitrogens with zero attached hydrogens (tertiary/aromatic N) is 2.